The van der Waals surface area contributed by atoms with Crippen LogP contribution in [0.4, 0.5) is 5.69 Å². The van der Waals surface area contributed by atoms with Crippen LogP contribution in [0.25, 0.3) is 0 Å². The summed E-state index contributed by atoms with van der Waals surface area (Å²) in [5.74, 6) is 0. The van der Waals surface area contributed by atoms with E-state index in [1.807, 2.05) is 30.3 Å². The number of benzene rings is 2. The Morgan fingerprint density at radius 2 is 1.67 bits per heavy atom. The highest BCUT2D eigenvalue weighted by molar-refractivity contribution is 5.79. The van der Waals surface area contributed by atoms with Crippen LogP contribution in [0, 0.1) is 0 Å². The summed E-state index contributed by atoms with van der Waals surface area (Å²) in [6.07, 6.45) is 4.36. The average Bonchev–Trinajstić information content (AvgIpc) is 3.08. The number of nitrogens with zero attached hydrogens (tertiary/aromatic N) is 2. The quantitative estimate of drug-likeness (QED) is 0.614. The summed E-state index contributed by atoms with van der Waals surface area (Å²) in [5, 5.41) is 4.03. The van der Waals surface area contributed by atoms with E-state index in [1.54, 1.807) is 6.21 Å². The highest BCUT2D eigenvalue weighted by atomic mass is 16.6. The SMILES string of the molecule is C(=N/OCc1ccccc1)/c1ccc(N2CCCC2)cc1. The molecule has 1 heterocycles. The number of rotatable bonds is 5. The second kappa shape index (κ2) is 6.93. The van der Waals surface area contributed by atoms with E-state index in [2.05, 4.69) is 34.3 Å². The lowest BCUT2D eigenvalue weighted by Crippen LogP contribution is -2.17. The second-order valence-corrected chi connectivity index (χ2v) is 5.28. The van der Waals surface area contributed by atoms with Crippen LogP contribution >= 0.6 is 0 Å². The average molecular weight is 280 g/mol. The van der Waals surface area contributed by atoms with Crippen molar-refractivity contribution in [2.24, 2.45) is 5.16 Å². The molecule has 1 aliphatic rings. The van der Waals surface area contributed by atoms with Gasteiger partial charge in [-0.25, -0.2) is 0 Å². The number of hydrogen-bond donors (Lipinski definition) is 0. The molecule has 0 amide bonds. The smallest absolute Gasteiger partial charge is 0.142 e. The Balaban J connectivity index is 1.51. The Hall–Kier alpha value is -2.29. The van der Waals surface area contributed by atoms with E-state index < -0.39 is 0 Å². The predicted molar refractivity (Wildman–Crippen MR) is 86.7 cm³/mol. The largest absolute Gasteiger partial charge is 0.391 e. The van der Waals surface area contributed by atoms with Crippen LogP contribution in [-0.4, -0.2) is 19.3 Å². The van der Waals surface area contributed by atoms with Gasteiger partial charge in [-0.05, 0) is 36.1 Å². The summed E-state index contributed by atoms with van der Waals surface area (Å²) >= 11 is 0. The van der Waals surface area contributed by atoms with Crippen LogP contribution in [0.2, 0.25) is 0 Å². The monoisotopic (exact) mass is 280 g/mol. The van der Waals surface area contributed by atoms with Crippen molar-refractivity contribution >= 4 is 11.9 Å². The maximum atomic E-state index is 5.31. The fourth-order valence-corrected chi connectivity index (χ4v) is 2.53. The molecule has 0 N–H and O–H groups in total. The molecule has 3 nitrogen and oxygen atoms in total. The van der Waals surface area contributed by atoms with Gasteiger partial charge in [0.15, 0.2) is 0 Å². The Bertz CT molecular complexity index is 572. The van der Waals surface area contributed by atoms with Crippen molar-refractivity contribution in [2.45, 2.75) is 19.4 Å². The third-order valence-electron chi connectivity index (χ3n) is 3.71. The van der Waals surface area contributed by atoms with Crippen LogP contribution in [0.15, 0.2) is 59.8 Å². The summed E-state index contributed by atoms with van der Waals surface area (Å²) < 4.78 is 0. The fourth-order valence-electron chi connectivity index (χ4n) is 2.53. The van der Waals surface area contributed by atoms with Crippen molar-refractivity contribution in [1.29, 1.82) is 0 Å². The van der Waals surface area contributed by atoms with Gasteiger partial charge in [0.1, 0.15) is 6.61 Å². The molecule has 1 aliphatic heterocycles. The molecule has 0 aromatic heterocycles. The molecule has 0 unspecified atom stereocenters. The van der Waals surface area contributed by atoms with Gasteiger partial charge in [0, 0.05) is 18.8 Å². The van der Waals surface area contributed by atoms with Crippen LogP contribution in [-0.2, 0) is 11.4 Å². The molecule has 1 fully saturated rings. The third-order valence-corrected chi connectivity index (χ3v) is 3.71. The summed E-state index contributed by atoms with van der Waals surface area (Å²) in [5.41, 5.74) is 3.49. The Morgan fingerprint density at radius 1 is 0.952 bits per heavy atom. The molecule has 2 aromatic carbocycles. The number of hydrogen-bond acceptors (Lipinski definition) is 3. The molecule has 3 rings (SSSR count). The van der Waals surface area contributed by atoms with Crippen LogP contribution < -0.4 is 4.90 Å². The first-order valence-corrected chi connectivity index (χ1v) is 7.46. The van der Waals surface area contributed by atoms with Crippen molar-refractivity contribution in [2.75, 3.05) is 18.0 Å². The standard InChI is InChI=1S/C18H20N2O/c1-2-6-17(7-3-1)15-21-19-14-16-8-10-18(11-9-16)20-12-4-5-13-20/h1-3,6-11,14H,4-5,12-13,15H2/b19-14-. The molecular formula is C18H20N2O. The van der Waals surface area contributed by atoms with Crippen molar-refractivity contribution in [3.05, 3.63) is 65.7 Å². The molecule has 0 bridgehead atoms. The summed E-state index contributed by atoms with van der Waals surface area (Å²) in [6, 6.07) is 18.5. The molecule has 0 spiro atoms. The lowest BCUT2D eigenvalue weighted by Gasteiger charge is -2.17. The first-order chi connectivity index (χ1) is 10.4. The van der Waals surface area contributed by atoms with Crippen molar-refractivity contribution < 1.29 is 4.84 Å². The third kappa shape index (κ3) is 3.85. The van der Waals surface area contributed by atoms with Gasteiger partial charge in [0.25, 0.3) is 0 Å². The van der Waals surface area contributed by atoms with Gasteiger partial charge in [-0.1, -0.05) is 47.6 Å². The zero-order valence-corrected chi connectivity index (χ0v) is 12.1. The van der Waals surface area contributed by atoms with Gasteiger partial charge in [0.2, 0.25) is 0 Å². The first-order valence-electron chi connectivity index (χ1n) is 7.46. The van der Waals surface area contributed by atoms with Crippen LogP contribution in [0.5, 0.6) is 0 Å². The van der Waals surface area contributed by atoms with Crippen molar-refractivity contribution in [3.8, 4) is 0 Å². The lowest BCUT2D eigenvalue weighted by molar-refractivity contribution is 0.132. The van der Waals surface area contributed by atoms with Gasteiger partial charge in [0.05, 0.1) is 6.21 Å². The normalized spacial score (nSPS) is 14.8. The first kappa shape index (κ1) is 13.7. The van der Waals surface area contributed by atoms with Crippen molar-refractivity contribution in [1.82, 2.24) is 0 Å². The minimum absolute atomic E-state index is 0.503. The van der Waals surface area contributed by atoms with E-state index in [9.17, 15) is 0 Å². The number of oxime groups is 1. The molecule has 2 aromatic rings. The van der Waals surface area contributed by atoms with E-state index in [1.165, 1.54) is 31.6 Å². The topological polar surface area (TPSA) is 24.8 Å². The Labute approximate surface area is 125 Å². The maximum Gasteiger partial charge on any atom is 0.142 e. The Morgan fingerprint density at radius 3 is 2.38 bits per heavy atom. The van der Waals surface area contributed by atoms with E-state index in [-0.39, 0.29) is 0 Å². The molecule has 3 heteroatoms. The van der Waals surface area contributed by atoms with Gasteiger partial charge in [-0.15, -0.1) is 0 Å². The van der Waals surface area contributed by atoms with E-state index in [4.69, 9.17) is 4.84 Å². The minimum Gasteiger partial charge on any atom is -0.391 e. The molecule has 0 atom stereocenters. The summed E-state index contributed by atoms with van der Waals surface area (Å²) in [7, 11) is 0. The van der Waals surface area contributed by atoms with E-state index in [0.29, 0.717) is 6.61 Å². The number of anilines is 1. The molecular weight excluding hydrogens is 260 g/mol. The highest BCUT2D eigenvalue weighted by Crippen LogP contribution is 2.19. The predicted octanol–water partition coefficient (Wildman–Crippen LogP) is 3.84. The van der Waals surface area contributed by atoms with Crippen molar-refractivity contribution in [3.63, 3.8) is 0 Å². The highest BCUT2D eigenvalue weighted by Gasteiger charge is 2.11. The van der Waals surface area contributed by atoms with Gasteiger partial charge in [-0.2, -0.15) is 0 Å². The Kier molecular flexibility index (Phi) is 4.52. The van der Waals surface area contributed by atoms with Gasteiger partial charge in [-0.3, -0.25) is 0 Å². The zero-order valence-electron chi connectivity index (χ0n) is 12.1. The summed E-state index contributed by atoms with van der Waals surface area (Å²) in [4.78, 5) is 7.74. The minimum atomic E-state index is 0.503. The molecule has 0 aliphatic carbocycles. The van der Waals surface area contributed by atoms with Gasteiger partial charge >= 0.3 is 0 Å². The van der Waals surface area contributed by atoms with Crippen LogP contribution in [0.3, 0.4) is 0 Å². The zero-order chi connectivity index (χ0) is 14.3. The van der Waals surface area contributed by atoms with Gasteiger partial charge < -0.3 is 9.74 Å². The molecule has 0 saturated carbocycles. The maximum absolute atomic E-state index is 5.31. The van der Waals surface area contributed by atoms with Crippen LogP contribution in [0.1, 0.15) is 24.0 Å². The lowest BCUT2D eigenvalue weighted by atomic mass is 10.2. The van der Waals surface area contributed by atoms with E-state index >= 15 is 0 Å². The molecule has 21 heavy (non-hydrogen) atoms. The fraction of sp³-hybridized carbons (Fsp3) is 0.278. The molecule has 1 saturated heterocycles. The van der Waals surface area contributed by atoms with E-state index in [0.717, 1.165) is 11.1 Å². The molecule has 108 valence electrons. The summed E-state index contributed by atoms with van der Waals surface area (Å²) in [6.45, 7) is 2.85. The second-order valence-electron chi connectivity index (χ2n) is 5.28. The molecule has 0 radical (unpaired) electrons.